The van der Waals surface area contributed by atoms with Gasteiger partial charge in [-0.2, -0.15) is 0 Å². The number of alkyl carbamates (subject to hydrolysis) is 1. The fraction of sp³-hybridized carbons (Fsp3) is 0.200. The molecule has 0 radical (unpaired) electrons. The number of carboxylic acid groups (broad SMARTS) is 1. The Balaban J connectivity index is 2.84. The molecule has 0 aliphatic carbocycles. The molecule has 18 heavy (non-hydrogen) atoms. The van der Waals surface area contributed by atoms with E-state index in [1.165, 1.54) is 12.1 Å². The highest BCUT2D eigenvalue weighted by atomic mass is 35.5. The molecule has 0 aliphatic rings. The largest absolute Gasteiger partial charge is 0.479 e. The number of hydrogen-bond donors (Lipinski definition) is 2. The minimum absolute atomic E-state index is 0.0176. The van der Waals surface area contributed by atoms with E-state index in [1.807, 2.05) is 0 Å². The Labute approximate surface area is 117 Å². The van der Waals surface area contributed by atoms with Crippen LogP contribution in [0.5, 0.6) is 0 Å². The van der Waals surface area contributed by atoms with Gasteiger partial charge in [0, 0.05) is 5.56 Å². The minimum atomic E-state index is -1.31. The van der Waals surface area contributed by atoms with E-state index in [0.29, 0.717) is 4.34 Å². The molecule has 0 saturated heterocycles. The number of amides is 1. The van der Waals surface area contributed by atoms with Gasteiger partial charge >= 0.3 is 12.1 Å². The van der Waals surface area contributed by atoms with E-state index < -0.39 is 18.1 Å². The Kier molecular flexibility index (Phi) is 5.46. The van der Waals surface area contributed by atoms with E-state index >= 15 is 0 Å². The maximum Gasteiger partial charge on any atom is 0.408 e. The fourth-order valence-electron chi connectivity index (χ4n) is 1.12. The lowest BCUT2D eigenvalue weighted by Gasteiger charge is -2.13. The van der Waals surface area contributed by atoms with E-state index in [0.717, 1.165) is 11.3 Å². The summed E-state index contributed by atoms with van der Waals surface area (Å²) in [4.78, 5) is 22.4. The van der Waals surface area contributed by atoms with Gasteiger partial charge in [-0.05, 0) is 6.07 Å². The van der Waals surface area contributed by atoms with Crippen molar-refractivity contribution in [2.75, 3.05) is 6.61 Å². The maximum atomic E-state index is 11.3. The quantitative estimate of drug-likeness (QED) is 0.819. The van der Waals surface area contributed by atoms with Crippen LogP contribution in [0.2, 0.25) is 8.67 Å². The molecule has 1 amide bonds. The summed E-state index contributed by atoms with van der Waals surface area (Å²) in [6.07, 6.45) is 0.491. The van der Waals surface area contributed by atoms with Crippen LogP contribution >= 0.6 is 34.5 Å². The highest BCUT2D eigenvalue weighted by molar-refractivity contribution is 7.20. The molecule has 1 rings (SSSR count). The van der Waals surface area contributed by atoms with Crippen LogP contribution in [0, 0.1) is 0 Å². The molecule has 0 spiro atoms. The third-order valence-electron chi connectivity index (χ3n) is 1.84. The predicted octanol–water partition coefficient (Wildman–Crippen LogP) is 3.09. The van der Waals surface area contributed by atoms with Crippen LogP contribution in [0.1, 0.15) is 11.6 Å². The summed E-state index contributed by atoms with van der Waals surface area (Å²) in [6.45, 7) is 3.35. The zero-order chi connectivity index (χ0) is 13.7. The molecular formula is C10H9Cl2NO4S. The third kappa shape index (κ3) is 3.90. The number of rotatable bonds is 5. The van der Waals surface area contributed by atoms with Gasteiger partial charge in [0.05, 0.1) is 4.34 Å². The van der Waals surface area contributed by atoms with Crippen molar-refractivity contribution in [3.05, 3.63) is 33.0 Å². The van der Waals surface area contributed by atoms with Crippen LogP contribution in [0.3, 0.4) is 0 Å². The highest BCUT2D eigenvalue weighted by Gasteiger charge is 2.26. The van der Waals surface area contributed by atoms with E-state index in [4.69, 9.17) is 28.3 Å². The molecule has 0 aromatic carbocycles. The summed E-state index contributed by atoms with van der Waals surface area (Å²) in [5, 5.41) is 11.2. The number of nitrogens with one attached hydrogen (secondary N) is 1. The van der Waals surface area contributed by atoms with Gasteiger partial charge in [0.25, 0.3) is 0 Å². The van der Waals surface area contributed by atoms with Gasteiger partial charge in [0.1, 0.15) is 10.9 Å². The van der Waals surface area contributed by atoms with Gasteiger partial charge < -0.3 is 15.2 Å². The van der Waals surface area contributed by atoms with Crippen LogP contribution in [0.4, 0.5) is 4.79 Å². The second-order valence-corrected chi connectivity index (χ2v) is 5.37. The van der Waals surface area contributed by atoms with Crippen LogP contribution in [-0.2, 0) is 9.53 Å². The van der Waals surface area contributed by atoms with Crippen LogP contribution in [-0.4, -0.2) is 23.8 Å². The highest BCUT2D eigenvalue weighted by Crippen LogP contribution is 2.35. The minimum Gasteiger partial charge on any atom is -0.479 e. The average Bonchev–Trinajstić information content (AvgIpc) is 2.62. The monoisotopic (exact) mass is 309 g/mol. The molecule has 98 valence electrons. The Morgan fingerprint density at radius 3 is 2.72 bits per heavy atom. The lowest BCUT2D eigenvalue weighted by atomic mass is 10.1. The number of carbonyl (C=O) groups is 2. The van der Waals surface area contributed by atoms with Crippen LogP contribution in [0.25, 0.3) is 0 Å². The van der Waals surface area contributed by atoms with Crippen molar-refractivity contribution in [1.82, 2.24) is 5.32 Å². The first kappa shape index (κ1) is 14.8. The van der Waals surface area contributed by atoms with Crippen molar-refractivity contribution in [1.29, 1.82) is 0 Å². The zero-order valence-corrected chi connectivity index (χ0v) is 11.3. The summed E-state index contributed by atoms with van der Waals surface area (Å²) in [7, 11) is 0. The third-order valence-corrected chi connectivity index (χ3v) is 3.35. The number of ether oxygens (including phenoxy) is 1. The van der Waals surface area contributed by atoms with Gasteiger partial charge in [-0.15, -0.1) is 11.3 Å². The van der Waals surface area contributed by atoms with Gasteiger partial charge in [-0.3, -0.25) is 0 Å². The number of thiophene rings is 1. The van der Waals surface area contributed by atoms with Crippen molar-refractivity contribution in [3.8, 4) is 0 Å². The summed E-state index contributed by atoms with van der Waals surface area (Å²) in [6, 6.07) is 0.0831. The molecule has 2 N–H and O–H groups in total. The van der Waals surface area contributed by atoms with Gasteiger partial charge in [0.2, 0.25) is 0 Å². The Morgan fingerprint density at radius 1 is 1.61 bits per heavy atom. The summed E-state index contributed by atoms with van der Waals surface area (Å²) in [5.74, 6) is -1.26. The second kappa shape index (κ2) is 6.63. The van der Waals surface area contributed by atoms with E-state index in [-0.39, 0.29) is 16.5 Å². The molecule has 1 aromatic rings. The Hall–Kier alpha value is -1.24. The first-order chi connectivity index (χ1) is 8.45. The first-order valence-corrected chi connectivity index (χ1v) is 6.24. The van der Waals surface area contributed by atoms with E-state index in [2.05, 4.69) is 16.6 Å². The molecule has 8 heteroatoms. The molecule has 0 bridgehead atoms. The van der Waals surface area contributed by atoms with Gasteiger partial charge in [-0.25, -0.2) is 9.59 Å². The summed E-state index contributed by atoms with van der Waals surface area (Å²) in [5.41, 5.74) is 0.217. The van der Waals surface area contributed by atoms with Crippen LogP contribution in [0.15, 0.2) is 18.7 Å². The lowest BCUT2D eigenvalue weighted by Crippen LogP contribution is -2.34. The van der Waals surface area contributed by atoms with Crippen molar-refractivity contribution >= 4 is 46.6 Å². The van der Waals surface area contributed by atoms with Crippen molar-refractivity contribution in [2.45, 2.75) is 6.04 Å². The summed E-state index contributed by atoms with van der Waals surface area (Å²) < 4.78 is 5.18. The molecule has 1 atom stereocenters. The predicted molar refractivity (Wildman–Crippen MR) is 69.4 cm³/mol. The Bertz CT molecular complexity index is 474. The number of halogens is 2. The average molecular weight is 310 g/mol. The van der Waals surface area contributed by atoms with E-state index in [1.54, 1.807) is 0 Å². The summed E-state index contributed by atoms with van der Waals surface area (Å²) >= 11 is 12.6. The van der Waals surface area contributed by atoms with Crippen LogP contribution < -0.4 is 5.32 Å². The molecule has 1 aromatic heterocycles. The molecule has 0 aliphatic heterocycles. The van der Waals surface area contributed by atoms with E-state index in [9.17, 15) is 9.59 Å². The Morgan fingerprint density at radius 2 is 2.28 bits per heavy atom. The van der Waals surface area contributed by atoms with Gasteiger partial charge in [0.15, 0.2) is 6.04 Å². The molecule has 1 heterocycles. The number of hydrogen-bond acceptors (Lipinski definition) is 4. The number of carbonyl (C=O) groups excluding carboxylic acids is 1. The topological polar surface area (TPSA) is 75.6 Å². The maximum absolute atomic E-state index is 11.3. The standard InChI is InChI=1S/C10H9Cl2NO4S/c1-2-3-17-10(16)13-7(9(14)15)5-4-6(11)18-8(5)12/h2,4,7H,1,3H2,(H,13,16)(H,14,15). The van der Waals surface area contributed by atoms with Crippen molar-refractivity contribution < 1.29 is 19.4 Å². The smallest absolute Gasteiger partial charge is 0.408 e. The molecule has 0 fully saturated rings. The number of aliphatic carboxylic acids is 1. The normalized spacial score (nSPS) is 11.7. The SMILES string of the molecule is C=CCOC(=O)NC(C(=O)O)c1cc(Cl)sc1Cl. The van der Waals surface area contributed by atoms with Gasteiger partial charge in [-0.1, -0.05) is 35.9 Å². The molecule has 1 unspecified atom stereocenters. The lowest BCUT2D eigenvalue weighted by molar-refractivity contribution is -0.139. The molecule has 5 nitrogen and oxygen atoms in total. The zero-order valence-electron chi connectivity index (χ0n) is 8.98. The fourth-order valence-corrected chi connectivity index (χ4v) is 2.65. The van der Waals surface area contributed by atoms with Crippen molar-refractivity contribution in [2.24, 2.45) is 0 Å². The molecule has 0 saturated carbocycles. The molecular weight excluding hydrogens is 301 g/mol. The number of carboxylic acids is 1. The first-order valence-electron chi connectivity index (χ1n) is 4.67. The van der Waals surface area contributed by atoms with Crippen molar-refractivity contribution in [3.63, 3.8) is 0 Å². The second-order valence-electron chi connectivity index (χ2n) is 3.08.